The highest BCUT2D eigenvalue weighted by molar-refractivity contribution is 5.93. The lowest BCUT2D eigenvalue weighted by atomic mass is 10.0. The smallest absolute Gasteiger partial charge is 0.418 e. The van der Waals surface area contributed by atoms with E-state index in [1.165, 1.54) is 18.5 Å². The highest BCUT2D eigenvalue weighted by atomic mass is 19.4. The van der Waals surface area contributed by atoms with Gasteiger partial charge in [-0.3, -0.25) is 4.79 Å². The fourth-order valence-electron chi connectivity index (χ4n) is 3.76. The first-order valence-electron chi connectivity index (χ1n) is 9.27. The molecule has 1 aliphatic rings. The Bertz CT molecular complexity index is 1310. The van der Waals surface area contributed by atoms with Crippen LogP contribution in [0.4, 0.5) is 22.0 Å². The van der Waals surface area contributed by atoms with Gasteiger partial charge in [-0.2, -0.15) is 13.2 Å². The van der Waals surface area contributed by atoms with Crippen LogP contribution < -0.4 is 0 Å². The first kappa shape index (κ1) is 20.2. The van der Waals surface area contributed by atoms with Crippen LogP contribution in [0.3, 0.4) is 0 Å². The van der Waals surface area contributed by atoms with Gasteiger partial charge in [0, 0.05) is 18.7 Å². The summed E-state index contributed by atoms with van der Waals surface area (Å²) >= 11 is 0. The second-order valence-corrected chi connectivity index (χ2v) is 6.99. The van der Waals surface area contributed by atoms with Crippen LogP contribution in [0, 0.1) is 0 Å². The number of nitrogens with zero attached hydrogens (tertiary/aromatic N) is 4. The maximum Gasteiger partial charge on any atom is 0.418 e. The number of amides is 1. The minimum Gasteiger partial charge on any atom is -0.438 e. The summed E-state index contributed by atoms with van der Waals surface area (Å²) < 4.78 is 77.2. The number of halogens is 5. The summed E-state index contributed by atoms with van der Waals surface area (Å²) in [6, 6.07) is 2.18. The zero-order valence-corrected chi connectivity index (χ0v) is 15.9. The molecule has 0 saturated heterocycles. The zero-order valence-electron chi connectivity index (χ0n) is 15.9. The number of fused-ring (bicyclic) bond motifs is 2. The molecule has 0 radical (unpaired) electrons. The summed E-state index contributed by atoms with van der Waals surface area (Å²) in [5.74, 6) is -1.85. The lowest BCUT2D eigenvalue weighted by Crippen LogP contribution is -2.41. The number of aromatic nitrogens is 4. The van der Waals surface area contributed by atoms with Gasteiger partial charge in [0.15, 0.2) is 23.7 Å². The molecule has 0 aliphatic carbocycles. The molecule has 3 aromatic heterocycles. The molecule has 5 rings (SSSR count). The van der Waals surface area contributed by atoms with E-state index in [9.17, 15) is 26.7 Å². The average molecular weight is 453 g/mol. The molecule has 0 spiro atoms. The Labute approximate surface area is 175 Å². The molecule has 32 heavy (non-hydrogen) atoms. The van der Waals surface area contributed by atoms with Gasteiger partial charge in [0.2, 0.25) is 11.7 Å². The summed E-state index contributed by atoms with van der Waals surface area (Å²) in [7, 11) is 0. The van der Waals surface area contributed by atoms with E-state index in [0.717, 1.165) is 17.4 Å². The quantitative estimate of drug-likeness (QED) is 0.465. The first-order valence-corrected chi connectivity index (χ1v) is 9.27. The van der Waals surface area contributed by atoms with E-state index in [-0.39, 0.29) is 23.7 Å². The Balaban J connectivity index is 1.64. The number of nitrogens with one attached hydrogen (secondary N) is 1. The highest BCUT2D eigenvalue weighted by Gasteiger charge is 2.41. The molecule has 0 unspecified atom stereocenters. The number of H-pyrrole nitrogens is 1. The standard InChI is InChI=1S/C19H12F5N5O3/c20-16(21)13-15(31-7-27-13)18(30)29-5-4-9-12(26-6-25-9)14(29)17-28-11-8(19(22,23)24)2-1-3-10(11)32-17/h1-3,6-7,14,16H,4-5H2,(H,25,26)/t14-/m0/s1. The van der Waals surface area contributed by atoms with Crippen molar-refractivity contribution in [2.45, 2.75) is 25.1 Å². The molecule has 4 heterocycles. The molecule has 1 amide bonds. The topological polar surface area (TPSA) is 101 Å². The second-order valence-electron chi connectivity index (χ2n) is 6.99. The van der Waals surface area contributed by atoms with Crippen molar-refractivity contribution >= 4 is 17.0 Å². The number of para-hydroxylation sites is 1. The SMILES string of the molecule is O=C(c1ocnc1C(F)F)N1CCc2[nH]cnc2[C@H]1c1nc2c(C(F)(F)F)cccc2o1. The number of carbonyl (C=O) groups excluding carboxylic acids is 1. The minimum atomic E-state index is -4.68. The molecule has 166 valence electrons. The normalized spacial score (nSPS) is 16.7. The van der Waals surface area contributed by atoms with E-state index in [4.69, 9.17) is 8.83 Å². The molecule has 0 bridgehead atoms. The van der Waals surface area contributed by atoms with Gasteiger partial charge in [-0.25, -0.2) is 23.7 Å². The van der Waals surface area contributed by atoms with E-state index in [1.807, 2.05) is 0 Å². The van der Waals surface area contributed by atoms with Crippen molar-refractivity contribution in [1.29, 1.82) is 0 Å². The van der Waals surface area contributed by atoms with Gasteiger partial charge in [0.25, 0.3) is 12.3 Å². The van der Waals surface area contributed by atoms with E-state index in [2.05, 4.69) is 19.9 Å². The number of alkyl halides is 5. The number of benzene rings is 1. The van der Waals surface area contributed by atoms with Crippen LogP contribution in [0.1, 0.15) is 51.6 Å². The maximum absolute atomic E-state index is 13.4. The van der Waals surface area contributed by atoms with Gasteiger partial charge >= 0.3 is 6.18 Å². The number of rotatable bonds is 3. The average Bonchev–Trinajstić information content (AvgIpc) is 3.49. The molecule has 8 nitrogen and oxygen atoms in total. The Morgan fingerprint density at radius 3 is 2.81 bits per heavy atom. The van der Waals surface area contributed by atoms with Crippen molar-refractivity contribution in [3.8, 4) is 0 Å². The van der Waals surface area contributed by atoms with Crippen molar-refractivity contribution in [1.82, 2.24) is 24.8 Å². The third-order valence-electron chi connectivity index (χ3n) is 5.16. The molecular weight excluding hydrogens is 441 g/mol. The molecular formula is C19H12F5N5O3. The van der Waals surface area contributed by atoms with Crippen molar-refractivity contribution in [3.63, 3.8) is 0 Å². The number of hydrogen-bond donors (Lipinski definition) is 1. The molecule has 1 N–H and O–H groups in total. The Kier molecular flexibility index (Phi) is 4.50. The van der Waals surface area contributed by atoms with Gasteiger partial charge < -0.3 is 18.7 Å². The van der Waals surface area contributed by atoms with Crippen LogP contribution in [0.5, 0.6) is 0 Å². The van der Waals surface area contributed by atoms with Gasteiger partial charge in [-0.05, 0) is 12.1 Å². The molecule has 4 aromatic rings. The molecule has 1 aliphatic heterocycles. The second kappa shape index (κ2) is 7.14. The van der Waals surface area contributed by atoms with E-state index in [0.29, 0.717) is 12.1 Å². The summed E-state index contributed by atoms with van der Waals surface area (Å²) in [4.78, 5) is 28.7. The Hall–Kier alpha value is -3.77. The third-order valence-corrected chi connectivity index (χ3v) is 5.16. The molecule has 0 fully saturated rings. The third kappa shape index (κ3) is 3.11. The van der Waals surface area contributed by atoms with E-state index in [1.54, 1.807) is 0 Å². The number of hydrogen-bond acceptors (Lipinski definition) is 6. The molecule has 0 saturated carbocycles. The minimum absolute atomic E-state index is 0.0208. The zero-order chi connectivity index (χ0) is 22.6. The summed E-state index contributed by atoms with van der Waals surface area (Å²) in [6.45, 7) is 0.0208. The van der Waals surface area contributed by atoms with Gasteiger partial charge in [-0.15, -0.1) is 0 Å². The predicted molar refractivity (Wildman–Crippen MR) is 95.6 cm³/mol. The van der Waals surface area contributed by atoms with E-state index < -0.39 is 47.1 Å². The lowest BCUT2D eigenvalue weighted by Gasteiger charge is -2.32. The molecule has 1 aromatic carbocycles. The van der Waals surface area contributed by atoms with Gasteiger partial charge in [0.1, 0.15) is 5.52 Å². The van der Waals surface area contributed by atoms with Crippen molar-refractivity contribution in [3.05, 3.63) is 65.2 Å². The van der Waals surface area contributed by atoms with Crippen LogP contribution in [-0.2, 0) is 12.6 Å². The van der Waals surface area contributed by atoms with Crippen molar-refractivity contribution in [2.75, 3.05) is 6.54 Å². The monoisotopic (exact) mass is 453 g/mol. The molecule has 1 atom stereocenters. The summed E-state index contributed by atoms with van der Waals surface area (Å²) in [5, 5.41) is 0. The summed E-state index contributed by atoms with van der Waals surface area (Å²) in [6.07, 6.45) is -5.37. The van der Waals surface area contributed by atoms with Gasteiger partial charge in [0.05, 0.1) is 17.6 Å². The predicted octanol–water partition coefficient (Wildman–Crippen LogP) is 4.28. The van der Waals surface area contributed by atoms with Crippen LogP contribution in [0.2, 0.25) is 0 Å². The van der Waals surface area contributed by atoms with Crippen LogP contribution >= 0.6 is 0 Å². The number of carbonyl (C=O) groups is 1. The number of oxazole rings is 2. The fourth-order valence-corrected chi connectivity index (χ4v) is 3.76. The van der Waals surface area contributed by atoms with Crippen LogP contribution in [-0.4, -0.2) is 37.3 Å². The fraction of sp³-hybridized carbons (Fsp3) is 0.263. The van der Waals surface area contributed by atoms with Crippen LogP contribution in [0.25, 0.3) is 11.1 Å². The van der Waals surface area contributed by atoms with Gasteiger partial charge in [-0.1, -0.05) is 6.07 Å². The van der Waals surface area contributed by atoms with Crippen molar-refractivity contribution in [2.24, 2.45) is 0 Å². The largest absolute Gasteiger partial charge is 0.438 e. The van der Waals surface area contributed by atoms with Crippen LogP contribution in [0.15, 0.2) is 39.8 Å². The van der Waals surface area contributed by atoms with E-state index >= 15 is 0 Å². The molecule has 13 heteroatoms. The van der Waals surface area contributed by atoms with Crippen molar-refractivity contribution < 1.29 is 35.6 Å². The maximum atomic E-state index is 13.4. The lowest BCUT2D eigenvalue weighted by molar-refractivity contribution is -0.136. The summed E-state index contributed by atoms with van der Waals surface area (Å²) in [5.41, 5.74) is -1.52. The highest BCUT2D eigenvalue weighted by Crippen LogP contribution is 2.39. The Morgan fingerprint density at radius 1 is 1.25 bits per heavy atom. The number of aromatic amines is 1. The first-order chi connectivity index (χ1) is 15.3. The number of imidazole rings is 1. The Morgan fingerprint density at radius 2 is 2.06 bits per heavy atom.